The molecule has 5 nitrogen and oxygen atoms in total. The molecule has 0 fully saturated rings. The van der Waals surface area contributed by atoms with Crippen LogP contribution in [0.2, 0.25) is 0 Å². The zero-order valence-electron chi connectivity index (χ0n) is 15.4. The average Bonchev–Trinajstić information content (AvgIpc) is 2.61. The van der Waals surface area contributed by atoms with Crippen LogP contribution in [0.3, 0.4) is 0 Å². The average molecular weight is 341 g/mol. The van der Waals surface area contributed by atoms with Gasteiger partial charge in [0, 0.05) is 19.6 Å². The first kappa shape index (κ1) is 18.6. The molecule has 2 aromatic carbocycles. The molecule has 0 aromatic heterocycles. The van der Waals surface area contributed by atoms with Crippen LogP contribution in [0, 0.1) is 0 Å². The number of carbonyl (C=O) groups is 1. The third-order valence-electron chi connectivity index (χ3n) is 4.09. The molecule has 0 heterocycles. The Morgan fingerprint density at radius 1 is 1.20 bits per heavy atom. The number of nitrogens with one attached hydrogen (secondary N) is 2. The van der Waals surface area contributed by atoms with Crippen molar-refractivity contribution in [3.8, 4) is 5.75 Å². The summed E-state index contributed by atoms with van der Waals surface area (Å²) in [5, 5.41) is 5.94. The van der Waals surface area contributed by atoms with E-state index >= 15 is 0 Å². The largest absolute Gasteiger partial charge is 0.497 e. The van der Waals surface area contributed by atoms with E-state index in [0.717, 1.165) is 35.7 Å². The summed E-state index contributed by atoms with van der Waals surface area (Å²) in [4.78, 5) is 14.4. The number of nitrogens with zero attached hydrogens (tertiary/aromatic N) is 1. The van der Waals surface area contributed by atoms with Gasteiger partial charge in [0.2, 0.25) is 0 Å². The van der Waals surface area contributed by atoms with E-state index in [1.807, 2.05) is 62.5 Å². The minimum absolute atomic E-state index is 0.00294. The lowest BCUT2D eigenvalue weighted by atomic mass is 10.1. The van der Waals surface area contributed by atoms with Crippen LogP contribution in [0.15, 0.2) is 48.5 Å². The number of urea groups is 1. The maximum atomic E-state index is 12.3. The molecule has 2 N–H and O–H groups in total. The van der Waals surface area contributed by atoms with Crippen molar-refractivity contribution < 1.29 is 9.53 Å². The smallest absolute Gasteiger partial charge is 0.319 e. The van der Waals surface area contributed by atoms with Gasteiger partial charge in [-0.25, -0.2) is 4.79 Å². The van der Waals surface area contributed by atoms with Crippen molar-refractivity contribution in [2.75, 3.05) is 30.9 Å². The number of hydrogen-bond acceptors (Lipinski definition) is 3. The van der Waals surface area contributed by atoms with Gasteiger partial charge in [0.05, 0.1) is 18.5 Å². The molecule has 1 atom stereocenters. The number of benzene rings is 2. The summed E-state index contributed by atoms with van der Waals surface area (Å²) in [6.07, 6.45) is 0.737. The number of amides is 2. The third kappa shape index (κ3) is 5.41. The quantitative estimate of drug-likeness (QED) is 0.803. The van der Waals surface area contributed by atoms with Crippen molar-refractivity contribution in [1.82, 2.24) is 5.32 Å². The van der Waals surface area contributed by atoms with Crippen molar-refractivity contribution in [3.05, 3.63) is 54.1 Å². The topological polar surface area (TPSA) is 53.6 Å². The van der Waals surface area contributed by atoms with E-state index in [9.17, 15) is 4.79 Å². The van der Waals surface area contributed by atoms with Gasteiger partial charge in [-0.05, 0) is 50.1 Å². The fraction of sp³-hybridized carbons (Fsp3) is 0.350. The van der Waals surface area contributed by atoms with Crippen LogP contribution in [-0.2, 0) is 6.42 Å². The summed E-state index contributed by atoms with van der Waals surface area (Å²) in [5.74, 6) is 0.825. The Bertz CT molecular complexity index is 703. The summed E-state index contributed by atoms with van der Waals surface area (Å²) in [6.45, 7) is 4.93. The normalized spacial score (nSPS) is 11.5. The molecular weight excluding hydrogens is 314 g/mol. The lowest BCUT2D eigenvalue weighted by molar-refractivity contribution is 0.249. The minimum Gasteiger partial charge on any atom is -0.497 e. The highest BCUT2D eigenvalue weighted by Crippen LogP contribution is 2.24. The predicted octanol–water partition coefficient (Wildman–Crippen LogP) is 3.90. The van der Waals surface area contributed by atoms with E-state index in [4.69, 9.17) is 4.74 Å². The molecule has 0 saturated carbocycles. The van der Waals surface area contributed by atoms with E-state index in [1.54, 1.807) is 7.11 Å². The van der Waals surface area contributed by atoms with Gasteiger partial charge < -0.3 is 20.3 Å². The van der Waals surface area contributed by atoms with Crippen molar-refractivity contribution >= 4 is 17.4 Å². The fourth-order valence-electron chi connectivity index (χ4n) is 2.67. The number of para-hydroxylation sites is 2. The Morgan fingerprint density at radius 2 is 1.96 bits per heavy atom. The molecular formula is C20H27N3O2. The van der Waals surface area contributed by atoms with Crippen molar-refractivity contribution in [1.29, 1.82) is 0 Å². The molecule has 0 radical (unpaired) electrons. The van der Waals surface area contributed by atoms with Crippen LogP contribution < -0.4 is 20.3 Å². The molecule has 0 aliphatic carbocycles. The Hall–Kier alpha value is -2.69. The number of hydrogen-bond donors (Lipinski definition) is 2. The number of rotatable bonds is 7. The standard InChI is InChI=1S/C20H27N3O2/c1-5-23(3)19-12-7-6-11-18(19)22-20(24)21-15(2)13-16-9-8-10-17(14-16)25-4/h6-12,14-15H,5,13H2,1-4H3,(H2,21,22,24). The molecule has 134 valence electrons. The second kappa shape index (κ2) is 8.97. The molecule has 25 heavy (non-hydrogen) atoms. The molecule has 1 unspecified atom stereocenters. The number of anilines is 2. The van der Waals surface area contributed by atoms with Crippen LogP contribution in [0.1, 0.15) is 19.4 Å². The highest BCUT2D eigenvalue weighted by atomic mass is 16.5. The molecule has 0 aliphatic heterocycles. The second-order valence-corrected chi connectivity index (χ2v) is 6.09. The monoisotopic (exact) mass is 341 g/mol. The van der Waals surface area contributed by atoms with Crippen LogP contribution in [0.25, 0.3) is 0 Å². The van der Waals surface area contributed by atoms with E-state index in [1.165, 1.54) is 0 Å². The number of methoxy groups -OCH3 is 1. The fourth-order valence-corrected chi connectivity index (χ4v) is 2.67. The van der Waals surface area contributed by atoms with Crippen LogP contribution >= 0.6 is 0 Å². The molecule has 0 aliphatic rings. The van der Waals surface area contributed by atoms with Crippen molar-refractivity contribution in [3.63, 3.8) is 0 Å². The lowest BCUT2D eigenvalue weighted by Crippen LogP contribution is -2.37. The number of carbonyl (C=O) groups excluding carboxylic acids is 1. The van der Waals surface area contributed by atoms with Gasteiger partial charge in [0.25, 0.3) is 0 Å². The Labute approximate surface area is 150 Å². The van der Waals surface area contributed by atoms with E-state index in [2.05, 4.69) is 22.5 Å². The van der Waals surface area contributed by atoms with Gasteiger partial charge in [-0.3, -0.25) is 0 Å². The molecule has 0 bridgehead atoms. The molecule has 2 aromatic rings. The van der Waals surface area contributed by atoms with Crippen molar-refractivity contribution in [2.45, 2.75) is 26.3 Å². The predicted molar refractivity (Wildman–Crippen MR) is 104 cm³/mol. The Morgan fingerprint density at radius 3 is 2.68 bits per heavy atom. The summed E-state index contributed by atoms with van der Waals surface area (Å²) >= 11 is 0. The summed E-state index contributed by atoms with van der Waals surface area (Å²) in [6, 6.07) is 15.5. The van der Waals surface area contributed by atoms with E-state index in [0.29, 0.717) is 0 Å². The van der Waals surface area contributed by atoms with E-state index < -0.39 is 0 Å². The second-order valence-electron chi connectivity index (χ2n) is 6.09. The zero-order chi connectivity index (χ0) is 18.2. The van der Waals surface area contributed by atoms with Crippen molar-refractivity contribution in [2.24, 2.45) is 0 Å². The van der Waals surface area contributed by atoms with Gasteiger partial charge >= 0.3 is 6.03 Å². The van der Waals surface area contributed by atoms with Gasteiger partial charge in [-0.1, -0.05) is 24.3 Å². The summed E-state index contributed by atoms with van der Waals surface area (Å²) in [7, 11) is 3.66. The highest BCUT2D eigenvalue weighted by Gasteiger charge is 2.12. The molecule has 0 saturated heterocycles. The van der Waals surface area contributed by atoms with Gasteiger partial charge in [0.15, 0.2) is 0 Å². The lowest BCUT2D eigenvalue weighted by Gasteiger charge is -2.21. The Kier molecular flexibility index (Phi) is 6.69. The summed E-state index contributed by atoms with van der Waals surface area (Å²) < 4.78 is 5.24. The van der Waals surface area contributed by atoms with Gasteiger partial charge in [-0.2, -0.15) is 0 Å². The molecule has 0 spiro atoms. The summed E-state index contributed by atoms with van der Waals surface area (Å²) in [5.41, 5.74) is 2.93. The first-order chi connectivity index (χ1) is 12.0. The first-order valence-corrected chi connectivity index (χ1v) is 8.54. The highest BCUT2D eigenvalue weighted by molar-refractivity contribution is 5.93. The molecule has 5 heteroatoms. The van der Waals surface area contributed by atoms with Crippen LogP contribution in [0.5, 0.6) is 5.75 Å². The maximum absolute atomic E-state index is 12.3. The zero-order valence-corrected chi connectivity index (χ0v) is 15.4. The molecule has 2 rings (SSSR count). The SMILES string of the molecule is CCN(C)c1ccccc1NC(=O)NC(C)Cc1cccc(OC)c1. The Balaban J connectivity index is 1.96. The van der Waals surface area contributed by atoms with Crippen LogP contribution in [-0.4, -0.2) is 32.8 Å². The minimum atomic E-state index is -0.202. The molecule has 2 amide bonds. The first-order valence-electron chi connectivity index (χ1n) is 8.54. The van der Waals surface area contributed by atoms with Crippen LogP contribution in [0.4, 0.5) is 16.2 Å². The van der Waals surface area contributed by atoms with Gasteiger partial charge in [0.1, 0.15) is 5.75 Å². The van der Waals surface area contributed by atoms with Gasteiger partial charge in [-0.15, -0.1) is 0 Å². The third-order valence-corrected chi connectivity index (χ3v) is 4.09. The van der Waals surface area contributed by atoms with E-state index in [-0.39, 0.29) is 12.1 Å². The number of ether oxygens (including phenoxy) is 1. The maximum Gasteiger partial charge on any atom is 0.319 e.